The van der Waals surface area contributed by atoms with E-state index in [-0.39, 0.29) is 19.0 Å². The van der Waals surface area contributed by atoms with E-state index in [9.17, 15) is 14.4 Å². The third-order valence-electron chi connectivity index (χ3n) is 3.46. The normalized spacial score (nSPS) is 10.2. The molecule has 24 heavy (non-hydrogen) atoms. The lowest BCUT2D eigenvalue weighted by molar-refractivity contribution is -0.148. The molecule has 0 N–H and O–H groups in total. The van der Waals surface area contributed by atoms with Crippen molar-refractivity contribution < 1.29 is 23.9 Å². The molecule has 0 heterocycles. The van der Waals surface area contributed by atoms with E-state index in [0.717, 1.165) is 38.5 Å². The van der Waals surface area contributed by atoms with Gasteiger partial charge in [-0.15, -0.1) is 0 Å². The van der Waals surface area contributed by atoms with Crippen LogP contribution in [0.3, 0.4) is 0 Å². The van der Waals surface area contributed by atoms with Crippen molar-refractivity contribution in [2.45, 2.75) is 52.4 Å². The molecule has 0 radical (unpaired) electrons. The summed E-state index contributed by atoms with van der Waals surface area (Å²) in [6.45, 7) is 4.58. The Kier molecular flexibility index (Phi) is 12.6. The second-order valence-electron chi connectivity index (χ2n) is 5.85. The molecule has 0 saturated carbocycles. The van der Waals surface area contributed by atoms with E-state index in [1.165, 1.54) is 23.9 Å². The highest BCUT2D eigenvalue weighted by atomic mass is 16.6. The predicted molar refractivity (Wildman–Crippen MR) is 91.6 cm³/mol. The Morgan fingerprint density at radius 1 is 0.750 bits per heavy atom. The summed E-state index contributed by atoms with van der Waals surface area (Å²) in [4.78, 5) is 37.8. The highest BCUT2D eigenvalue weighted by Crippen LogP contribution is 2.00. The second kappa shape index (κ2) is 13.6. The number of rotatable bonds is 12. The molecule has 0 aromatic rings. The molecule has 0 unspecified atom stereocenters. The van der Waals surface area contributed by atoms with Crippen LogP contribution in [-0.2, 0) is 19.1 Å². The van der Waals surface area contributed by atoms with Crippen molar-refractivity contribution in [3.8, 4) is 0 Å². The Bertz CT molecular complexity index is 387. The van der Waals surface area contributed by atoms with E-state index in [2.05, 4.69) is 6.92 Å². The molecule has 0 aliphatic heterocycles. The fourth-order valence-electron chi connectivity index (χ4n) is 1.84. The van der Waals surface area contributed by atoms with Crippen molar-refractivity contribution in [3.63, 3.8) is 0 Å². The molecule has 0 aliphatic carbocycles. The molecular formula is C17H32N2O5. The molecule has 0 atom stereocenters. The average Bonchev–Trinajstić information content (AvgIpc) is 2.54. The first-order valence-corrected chi connectivity index (χ1v) is 8.69. The highest BCUT2D eigenvalue weighted by molar-refractivity contribution is 5.85. The maximum Gasteiger partial charge on any atom is 0.409 e. The Morgan fingerprint density at radius 2 is 1.38 bits per heavy atom. The fourth-order valence-corrected chi connectivity index (χ4v) is 1.84. The summed E-state index contributed by atoms with van der Waals surface area (Å²) in [5.74, 6) is -0.775. The SMILES string of the molecule is CCCCCCOC(=O)CN(C)C(=O)CN(C)C(=O)OCCCC. The first-order valence-electron chi connectivity index (χ1n) is 8.69. The highest BCUT2D eigenvalue weighted by Gasteiger charge is 2.19. The first kappa shape index (κ1) is 22.2. The molecule has 0 bridgehead atoms. The number of unbranched alkanes of at least 4 members (excludes halogenated alkanes) is 4. The van der Waals surface area contributed by atoms with Crippen LogP contribution in [0.25, 0.3) is 0 Å². The van der Waals surface area contributed by atoms with Crippen molar-refractivity contribution in [2.24, 2.45) is 0 Å². The summed E-state index contributed by atoms with van der Waals surface area (Å²) in [5.41, 5.74) is 0. The van der Waals surface area contributed by atoms with E-state index in [1.807, 2.05) is 6.92 Å². The zero-order valence-electron chi connectivity index (χ0n) is 15.5. The molecule has 140 valence electrons. The summed E-state index contributed by atoms with van der Waals surface area (Å²) in [7, 11) is 3.00. The molecule has 0 saturated heterocycles. The van der Waals surface area contributed by atoms with E-state index in [0.29, 0.717) is 13.2 Å². The smallest absolute Gasteiger partial charge is 0.409 e. The quantitative estimate of drug-likeness (QED) is 0.401. The molecule has 0 spiro atoms. The van der Waals surface area contributed by atoms with Crippen LogP contribution in [-0.4, -0.2) is 68.2 Å². The number of amides is 2. The van der Waals surface area contributed by atoms with Crippen molar-refractivity contribution in [1.29, 1.82) is 0 Å². The zero-order valence-corrected chi connectivity index (χ0v) is 15.5. The monoisotopic (exact) mass is 344 g/mol. The second-order valence-corrected chi connectivity index (χ2v) is 5.85. The minimum atomic E-state index is -0.538. The predicted octanol–water partition coefficient (Wildman–Crippen LogP) is 2.44. The number of likely N-dealkylation sites (N-methyl/N-ethyl adjacent to an activating group) is 2. The van der Waals surface area contributed by atoms with E-state index in [1.54, 1.807) is 0 Å². The van der Waals surface area contributed by atoms with Gasteiger partial charge in [-0.05, 0) is 12.8 Å². The van der Waals surface area contributed by atoms with Gasteiger partial charge in [0.1, 0.15) is 13.1 Å². The topological polar surface area (TPSA) is 76.2 Å². The van der Waals surface area contributed by atoms with Gasteiger partial charge >= 0.3 is 12.1 Å². The third-order valence-corrected chi connectivity index (χ3v) is 3.46. The maximum atomic E-state index is 12.0. The van der Waals surface area contributed by atoms with E-state index < -0.39 is 12.1 Å². The van der Waals surface area contributed by atoms with Crippen molar-refractivity contribution >= 4 is 18.0 Å². The number of ether oxygens (including phenoxy) is 2. The van der Waals surface area contributed by atoms with Gasteiger partial charge in [-0.2, -0.15) is 0 Å². The third kappa shape index (κ3) is 10.9. The van der Waals surface area contributed by atoms with Gasteiger partial charge in [0.2, 0.25) is 5.91 Å². The lowest BCUT2D eigenvalue weighted by Crippen LogP contribution is -2.41. The number of nitrogens with zero attached hydrogens (tertiary/aromatic N) is 2. The van der Waals surface area contributed by atoms with Gasteiger partial charge in [-0.25, -0.2) is 4.79 Å². The molecule has 0 aromatic carbocycles. The van der Waals surface area contributed by atoms with Gasteiger partial charge < -0.3 is 19.3 Å². The van der Waals surface area contributed by atoms with Crippen molar-refractivity contribution in [3.05, 3.63) is 0 Å². The molecule has 0 aliphatic rings. The Morgan fingerprint density at radius 3 is 2.00 bits per heavy atom. The van der Waals surface area contributed by atoms with Gasteiger partial charge in [-0.1, -0.05) is 39.5 Å². The maximum absolute atomic E-state index is 12.0. The number of carbonyl (C=O) groups excluding carboxylic acids is 3. The number of carbonyl (C=O) groups is 3. The first-order chi connectivity index (χ1) is 11.4. The summed E-state index contributed by atoms with van der Waals surface area (Å²) in [5, 5.41) is 0. The lowest BCUT2D eigenvalue weighted by atomic mass is 10.2. The van der Waals surface area contributed by atoms with Crippen LogP contribution in [0.1, 0.15) is 52.4 Å². The molecule has 0 fully saturated rings. The summed E-state index contributed by atoms with van der Waals surface area (Å²) in [6, 6.07) is 0. The average molecular weight is 344 g/mol. The van der Waals surface area contributed by atoms with E-state index in [4.69, 9.17) is 9.47 Å². The zero-order chi connectivity index (χ0) is 18.4. The Hall–Kier alpha value is -1.79. The minimum Gasteiger partial charge on any atom is -0.464 e. The molecule has 0 rings (SSSR count). The number of hydrogen-bond acceptors (Lipinski definition) is 5. The summed E-state index contributed by atoms with van der Waals surface area (Å²) < 4.78 is 10.1. The van der Waals surface area contributed by atoms with Crippen molar-refractivity contribution in [1.82, 2.24) is 9.80 Å². The van der Waals surface area contributed by atoms with Gasteiger partial charge in [0.25, 0.3) is 0 Å². The lowest BCUT2D eigenvalue weighted by Gasteiger charge is -2.21. The number of hydrogen-bond donors (Lipinski definition) is 0. The van der Waals surface area contributed by atoms with E-state index >= 15 is 0 Å². The minimum absolute atomic E-state index is 0.120. The molecule has 0 aromatic heterocycles. The molecule has 7 nitrogen and oxygen atoms in total. The van der Waals surface area contributed by atoms with Crippen LogP contribution < -0.4 is 0 Å². The van der Waals surface area contributed by atoms with Gasteiger partial charge in [0.15, 0.2) is 0 Å². The summed E-state index contributed by atoms with van der Waals surface area (Å²) in [6.07, 6.45) is 5.30. The molecule has 2 amide bonds. The fraction of sp³-hybridized carbons (Fsp3) is 0.824. The molecular weight excluding hydrogens is 312 g/mol. The van der Waals surface area contributed by atoms with Crippen LogP contribution in [0.5, 0.6) is 0 Å². The van der Waals surface area contributed by atoms with Gasteiger partial charge in [0, 0.05) is 14.1 Å². The van der Waals surface area contributed by atoms with Crippen LogP contribution in [0.4, 0.5) is 4.79 Å². The van der Waals surface area contributed by atoms with Gasteiger partial charge in [0.05, 0.1) is 13.2 Å². The Balaban J connectivity index is 4.00. The van der Waals surface area contributed by atoms with Crippen molar-refractivity contribution in [2.75, 3.05) is 40.4 Å². The van der Waals surface area contributed by atoms with Crippen LogP contribution in [0.2, 0.25) is 0 Å². The van der Waals surface area contributed by atoms with Gasteiger partial charge in [-0.3, -0.25) is 9.59 Å². The largest absolute Gasteiger partial charge is 0.464 e. The Labute approximate surface area is 145 Å². The van der Waals surface area contributed by atoms with Crippen LogP contribution in [0.15, 0.2) is 0 Å². The standard InChI is InChI=1S/C17H32N2O5/c1-5-7-9-10-12-23-16(21)14-18(3)15(20)13-19(4)17(22)24-11-8-6-2/h5-14H2,1-4H3. The summed E-state index contributed by atoms with van der Waals surface area (Å²) >= 11 is 0. The van der Waals surface area contributed by atoms with Crippen LogP contribution >= 0.6 is 0 Å². The number of esters is 1. The van der Waals surface area contributed by atoms with Crippen LogP contribution in [0, 0.1) is 0 Å². The molecule has 7 heteroatoms.